The number of halogens is 1. The van der Waals surface area contributed by atoms with Gasteiger partial charge in [-0.25, -0.2) is 4.90 Å². The third kappa shape index (κ3) is 3.45. The standard InChI is InChI=1S/C17H11FN6O4S/c18-12-7-6-11(8-13(12)24(27)28)22-15(25)9-14(16(22)26)29-17-19-20-21-23(17)10-4-2-1-3-5-10/h1-8,14H,9H2. The van der Waals surface area contributed by atoms with Crippen molar-refractivity contribution in [2.24, 2.45) is 0 Å². The van der Waals surface area contributed by atoms with Gasteiger partial charge < -0.3 is 0 Å². The normalized spacial score (nSPS) is 16.4. The summed E-state index contributed by atoms with van der Waals surface area (Å²) in [6.45, 7) is 0. The Hall–Kier alpha value is -3.67. The van der Waals surface area contributed by atoms with Crippen LogP contribution in [0.4, 0.5) is 15.8 Å². The molecule has 10 nitrogen and oxygen atoms in total. The van der Waals surface area contributed by atoms with E-state index in [9.17, 15) is 24.1 Å². The van der Waals surface area contributed by atoms with Crippen LogP contribution in [-0.2, 0) is 9.59 Å². The number of para-hydroxylation sites is 1. The minimum absolute atomic E-state index is 0.0566. The molecule has 2 heterocycles. The van der Waals surface area contributed by atoms with Crippen LogP contribution < -0.4 is 4.90 Å². The number of anilines is 1. The van der Waals surface area contributed by atoms with E-state index in [2.05, 4.69) is 15.5 Å². The van der Waals surface area contributed by atoms with E-state index in [1.54, 1.807) is 24.3 Å². The second-order valence-electron chi connectivity index (χ2n) is 5.98. The molecule has 0 bridgehead atoms. The van der Waals surface area contributed by atoms with Crippen LogP contribution in [-0.4, -0.2) is 42.2 Å². The minimum atomic E-state index is -1.05. The lowest BCUT2D eigenvalue weighted by Crippen LogP contribution is -2.31. The number of benzene rings is 2. The molecule has 0 saturated carbocycles. The molecule has 1 atom stereocenters. The second kappa shape index (κ2) is 7.39. The van der Waals surface area contributed by atoms with Gasteiger partial charge in [-0.2, -0.15) is 9.07 Å². The van der Waals surface area contributed by atoms with Gasteiger partial charge in [0.15, 0.2) is 0 Å². The van der Waals surface area contributed by atoms with Gasteiger partial charge in [0.25, 0.3) is 0 Å². The molecule has 1 aliphatic heterocycles. The Morgan fingerprint density at radius 3 is 2.62 bits per heavy atom. The van der Waals surface area contributed by atoms with Crippen LogP contribution in [0.1, 0.15) is 6.42 Å². The number of tetrazole rings is 1. The maximum Gasteiger partial charge on any atom is 0.306 e. The average Bonchev–Trinajstić information content (AvgIpc) is 3.27. The Bertz CT molecular complexity index is 1120. The SMILES string of the molecule is O=C1CC(Sc2nnnn2-c2ccccc2)C(=O)N1c1ccc(F)c([N+](=O)[O-])c1. The summed E-state index contributed by atoms with van der Waals surface area (Å²) in [5.41, 5.74) is -0.186. The van der Waals surface area contributed by atoms with Crippen molar-refractivity contribution in [3.63, 3.8) is 0 Å². The number of nitro benzene ring substituents is 1. The zero-order chi connectivity index (χ0) is 20.5. The lowest BCUT2D eigenvalue weighted by Gasteiger charge is -2.14. The quantitative estimate of drug-likeness (QED) is 0.353. The van der Waals surface area contributed by atoms with Crippen molar-refractivity contribution < 1.29 is 18.9 Å². The smallest absolute Gasteiger partial charge is 0.274 e. The summed E-state index contributed by atoms with van der Waals surface area (Å²) in [5, 5.41) is 21.9. The molecule has 1 fully saturated rings. The average molecular weight is 414 g/mol. The second-order valence-corrected chi connectivity index (χ2v) is 7.15. The molecule has 4 rings (SSSR count). The largest absolute Gasteiger partial charge is 0.306 e. The van der Waals surface area contributed by atoms with Crippen molar-refractivity contribution in [1.29, 1.82) is 0 Å². The van der Waals surface area contributed by atoms with Crippen molar-refractivity contribution in [2.75, 3.05) is 4.90 Å². The number of rotatable bonds is 5. The molecule has 29 heavy (non-hydrogen) atoms. The van der Waals surface area contributed by atoms with Crippen LogP contribution in [0.25, 0.3) is 5.69 Å². The number of imide groups is 1. The van der Waals surface area contributed by atoms with Crippen LogP contribution in [0.15, 0.2) is 53.7 Å². The van der Waals surface area contributed by atoms with Gasteiger partial charge in [-0.1, -0.05) is 30.0 Å². The maximum atomic E-state index is 13.6. The summed E-state index contributed by atoms with van der Waals surface area (Å²) < 4.78 is 15.0. The monoisotopic (exact) mass is 414 g/mol. The van der Waals surface area contributed by atoms with E-state index in [-0.39, 0.29) is 12.1 Å². The first-order valence-corrected chi connectivity index (χ1v) is 9.15. The van der Waals surface area contributed by atoms with E-state index in [1.807, 2.05) is 6.07 Å². The molecule has 2 aromatic carbocycles. The number of hydrogen-bond acceptors (Lipinski definition) is 8. The molecule has 0 aliphatic carbocycles. The fourth-order valence-electron chi connectivity index (χ4n) is 2.86. The van der Waals surface area contributed by atoms with Crippen LogP contribution in [0.2, 0.25) is 0 Å². The molecular weight excluding hydrogens is 403 g/mol. The van der Waals surface area contributed by atoms with Crippen molar-refractivity contribution in [2.45, 2.75) is 16.8 Å². The highest BCUT2D eigenvalue weighted by Crippen LogP contribution is 2.35. The fraction of sp³-hybridized carbons (Fsp3) is 0.118. The molecule has 1 aliphatic rings. The Balaban J connectivity index is 1.60. The Labute approximate surface area is 166 Å². The predicted molar refractivity (Wildman–Crippen MR) is 99.0 cm³/mol. The highest BCUT2D eigenvalue weighted by Gasteiger charge is 2.41. The van der Waals surface area contributed by atoms with Gasteiger partial charge in [-0.15, -0.1) is 5.10 Å². The van der Waals surface area contributed by atoms with Crippen LogP contribution in [0, 0.1) is 15.9 Å². The third-order valence-electron chi connectivity index (χ3n) is 4.18. The van der Waals surface area contributed by atoms with E-state index in [0.717, 1.165) is 34.9 Å². The zero-order valence-corrected chi connectivity index (χ0v) is 15.3. The molecule has 0 spiro atoms. The predicted octanol–water partition coefficient (Wildman–Crippen LogP) is 2.13. The summed E-state index contributed by atoms with van der Waals surface area (Å²) in [6, 6.07) is 11.9. The first-order valence-electron chi connectivity index (χ1n) is 8.27. The lowest BCUT2D eigenvalue weighted by molar-refractivity contribution is -0.387. The van der Waals surface area contributed by atoms with Gasteiger partial charge in [0.2, 0.25) is 22.8 Å². The van der Waals surface area contributed by atoms with E-state index in [1.165, 1.54) is 4.68 Å². The number of amides is 2. The molecule has 146 valence electrons. The highest BCUT2D eigenvalue weighted by molar-refractivity contribution is 8.00. The Kier molecular flexibility index (Phi) is 4.76. The van der Waals surface area contributed by atoms with Gasteiger partial charge in [0.05, 0.1) is 16.3 Å². The first kappa shape index (κ1) is 18.7. The van der Waals surface area contributed by atoms with Crippen LogP contribution in [0.5, 0.6) is 0 Å². The molecule has 1 saturated heterocycles. The van der Waals surface area contributed by atoms with Crippen LogP contribution in [0.3, 0.4) is 0 Å². The van der Waals surface area contributed by atoms with Crippen molar-refractivity contribution in [3.8, 4) is 5.69 Å². The highest BCUT2D eigenvalue weighted by atomic mass is 32.2. The molecule has 2 amide bonds. The number of carbonyl (C=O) groups excluding carboxylic acids is 2. The number of aromatic nitrogens is 4. The number of hydrogen-bond donors (Lipinski definition) is 0. The number of nitro groups is 1. The topological polar surface area (TPSA) is 124 Å². The number of carbonyl (C=O) groups is 2. The molecule has 1 aromatic heterocycles. The summed E-state index contributed by atoms with van der Waals surface area (Å²) in [5.74, 6) is -2.18. The van der Waals surface area contributed by atoms with Gasteiger partial charge in [-0.05, 0) is 34.7 Å². The summed E-state index contributed by atoms with van der Waals surface area (Å²) in [4.78, 5) is 36.1. The summed E-state index contributed by atoms with van der Waals surface area (Å²) >= 11 is 1.01. The lowest BCUT2D eigenvalue weighted by atomic mass is 10.2. The fourth-order valence-corrected chi connectivity index (χ4v) is 3.87. The maximum absolute atomic E-state index is 13.6. The van der Waals surface area contributed by atoms with Gasteiger partial charge in [0, 0.05) is 12.5 Å². The third-order valence-corrected chi connectivity index (χ3v) is 5.30. The van der Waals surface area contributed by atoms with Gasteiger partial charge >= 0.3 is 5.69 Å². The van der Waals surface area contributed by atoms with Crippen molar-refractivity contribution >= 4 is 35.0 Å². The van der Waals surface area contributed by atoms with E-state index >= 15 is 0 Å². The first-order chi connectivity index (χ1) is 14.0. The Morgan fingerprint density at radius 1 is 1.14 bits per heavy atom. The molecule has 3 aromatic rings. The van der Waals surface area contributed by atoms with Gasteiger partial charge in [0.1, 0.15) is 5.25 Å². The molecule has 0 radical (unpaired) electrons. The van der Waals surface area contributed by atoms with Crippen molar-refractivity contribution in [3.05, 3.63) is 64.5 Å². The summed E-state index contributed by atoms with van der Waals surface area (Å²) in [7, 11) is 0. The van der Waals surface area contributed by atoms with E-state index in [0.29, 0.717) is 10.8 Å². The van der Waals surface area contributed by atoms with E-state index in [4.69, 9.17) is 0 Å². The number of nitrogens with zero attached hydrogens (tertiary/aromatic N) is 6. The molecule has 1 unspecified atom stereocenters. The van der Waals surface area contributed by atoms with Crippen LogP contribution >= 0.6 is 11.8 Å². The van der Waals surface area contributed by atoms with E-state index < -0.39 is 33.5 Å². The molecule has 12 heteroatoms. The molecule has 0 N–H and O–H groups in total. The zero-order valence-electron chi connectivity index (χ0n) is 14.5. The Morgan fingerprint density at radius 2 is 1.90 bits per heavy atom. The van der Waals surface area contributed by atoms with Crippen molar-refractivity contribution in [1.82, 2.24) is 20.2 Å². The minimum Gasteiger partial charge on any atom is -0.274 e. The number of thioether (sulfide) groups is 1. The molecular formula is C17H11FN6O4S. The summed E-state index contributed by atoms with van der Waals surface area (Å²) in [6.07, 6.45) is -0.143. The van der Waals surface area contributed by atoms with Gasteiger partial charge in [-0.3, -0.25) is 19.7 Å².